The van der Waals surface area contributed by atoms with Gasteiger partial charge in [0, 0.05) is 6.08 Å². The van der Waals surface area contributed by atoms with E-state index in [1.165, 1.54) is 55.7 Å². The maximum Gasteiger partial charge on any atom is 0.387 e. The lowest BCUT2D eigenvalue weighted by atomic mass is 10.2. The second-order valence-electron chi connectivity index (χ2n) is 5.17. The average molecular weight is 411 g/mol. The average Bonchev–Trinajstić information content (AvgIpc) is 2.67. The molecule has 0 aromatic heterocycles. The summed E-state index contributed by atoms with van der Waals surface area (Å²) < 4.78 is 47.4. The number of hydrogen-bond acceptors (Lipinski definition) is 4. The van der Waals surface area contributed by atoms with Crippen molar-refractivity contribution >= 4 is 35.0 Å². The van der Waals surface area contributed by atoms with E-state index in [2.05, 4.69) is 20.9 Å². The van der Waals surface area contributed by atoms with Gasteiger partial charge in [0.1, 0.15) is 5.82 Å². The number of benzene rings is 2. The fourth-order valence-corrected chi connectivity index (χ4v) is 2.19. The third-order valence-electron chi connectivity index (χ3n) is 3.25. The zero-order valence-corrected chi connectivity index (χ0v) is 15.4. The molecule has 0 radical (unpaired) electrons. The predicted octanol–water partition coefficient (Wildman–Crippen LogP) is 3.47. The molecule has 0 aliphatic carbocycles. The van der Waals surface area contributed by atoms with Crippen molar-refractivity contribution in [2.75, 3.05) is 12.4 Å². The molecule has 0 heterocycles. The Hall–Kier alpha value is -3.27. The molecule has 0 aliphatic heterocycles. The molecule has 10 heteroatoms. The summed E-state index contributed by atoms with van der Waals surface area (Å²) in [6.45, 7) is -2.98. The largest absolute Gasteiger partial charge is 0.493 e. The molecule has 0 fully saturated rings. The minimum atomic E-state index is -2.98. The van der Waals surface area contributed by atoms with E-state index >= 15 is 0 Å². The fourth-order valence-electron chi connectivity index (χ4n) is 2.03. The molecule has 0 bridgehead atoms. The standard InChI is InChI=1S/C18H16F3N3O3S/c1-26-15-10-11(6-8-14(15)27-17(20)21)7-9-16(25)23-24-18(28)22-13-5-3-2-4-12(13)19/h2-10,17H,1H3,(H,23,25)(H2,22,24,28). The lowest BCUT2D eigenvalue weighted by Crippen LogP contribution is -2.43. The predicted molar refractivity (Wildman–Crippen MR) is 103 cm³/mol. The minimum absolute atomic E-state index is 0.0120. The quantitative estimate of drug-likeness (QED) is 0.384. The summed E-state index contributed by atoms with van der Waals surface area (Å²) in [5.41, 5.74) is 5.39. The van der Waals surface area contributed by atoms with Crippen molar-refractivity contribution in [2.24, 2.45) is 0 Å². The molecule has 0 unspecified atom stereocenters. The highest BCUT2D eigenvalue weighted by atomic mass is 32.1. The van der Waals surface area contributed by atoms with Gasteiger partial charge >= 0.3 is 6.61 Å². The summed E-state index contributed by atoms with van der Waals surface area (Å²) in [5, 5.41) is 2.58. The number of alkyl halides is 2. The number of hydrogen-bond donors (Lipinski definition) is 3. The van der Waals surface area contributed by atoms with Crippen molar-refractivity contribution < 1.29 is 27.4 Å². The molecule has 3 N–H and O–H groups in total. The van der Waals surface area contributed by atoms with Crippen molar-refractivity contribution in [3.63, 3.8) is 0 Å². The summed E-state index contributed by atoms with van der Waals surface area (Å²) in [4.78, 5) is 11.8. The first kappa shape index (κ1) is 21.0. The topological polar surface area (TPSA) is 71.6 Å². The van der Waals surface area contributed by atoms with Crippen LogP contribution < -0.4 is 25.6 Å². The van der Waals surface area contributed by atoms with Gasteiger partial charge in [-0.2, -0.15) is 8.78 Å². The number of para-hydroxylation sites is 1. The van der Waals surface area contributed by atoms with E-state index in [1.54, 1.807) is 6.07 Å². The van der Waals surface area contributed by atoms with Crippen LogP contribution >= 0.6 is 12.2 Å². The Bertz CT molecular complexity index is 878. The number of thiocarbonyl (C=S) groups is 1. The maximum atomic E-state index is 13.5. The van der Waals surface area contributed by atoms with Crippen LogP contribution in [0.3, 0.4) is 0 Å². The zero-order valence-electron chi connectivity index (χ0n) is 14.5. The van der Waals surface area contributed by atoms with Gasteiger partial charge in [-0.15, -0.1) is 0 Å². The van der Waals surface area contributed by atoms with Crippen LogP contribution in [0.15, 0.2) is 48.5 Å². The van der Waals surface area contributed by atoms with Crippen molar-refractivity contribution in [1.29, 1.82) is 0 Å². The number of carbonyl (C=O) groups is 1. The second-order valence-corrected chi connectivity index (χ2v) is 5.58. The number of ether oxygens (including phenoxy) is 2. The first-order valence-corrected chi connectivity index (χ1v) is 8.22. The minimum Gasteiger partial charge on any atom is -0.493 e. The first-order valence-electron chi connectivity index (χ1n) is 7.81. The SMILES string of the molecule is COc1cc(C=CC(=O)NNC(=S)Nc2ccccc2F)ccc1OC(F)F. The normalized spacial score (nSPS) is 10.6. The molecule has 148 valence electrons. The van der Waals surface area contributed by atoms with Gasteiger partial charge in [-0.3, -0.25) is 15.6 Å². The Morgan fingerprint density at radius 2 is 1.89 bits per heavy atom. The fraction of sp³-hybridized carbons (Fsp3) is 0.111. The van der Waals surface area contributed by atoms with Crippen LogP contribution in [-0.2, 0) is 4.79 Å². The van der Waals surface area contributed by atoms with Gasteiger partial charge in [0.05, 0.1) is 12.8 Å². The monoisotopic (exact) mass is 411 g/mol. The van der Waals surface area contributed by atoms with Crippen LogP contribution in [0.1, 0.15) is 5.56 Å². The lowest BCUT2D eigenvalue weighted by Gasteiger charge is -2.11. The number of anilines is 1. The highest BCUT2D eigenvalue weighted by Crippen LogP contribution is 2.29. The van der Waals surface area contributed by atoms with Crippen LogP contribution in [0.4, 0.5) is 18.9 Å². The van der Waals surface area contributed by atoms with Gasteiger partial charge < -0.3 is 14.8 Å². The highest BCUT2D eigenvalue weighted by Gasteiger charge is 2.10. The van der Waals surface area contributed by atoms with E-state index in [4.69, 9.17) is 17.0 Å². The molecular formula is C18H16F3N3O3S. The molecule has 0 saturated carbocycles. The summed E-state index contributed by atoms with van der Waals surface area (Å²) in [7, 11) is 1.31. The maximum absolute atomic E-state index is 13.5. The number of rotatable bonds is 6. The number of carbonyl (C=O) groups excluding carboxylic acids is 1. The van der Waals surface area contributed by atoms with Gasteiger partial charge in [0.15, 0.2) is 16.6 Å². The molecular weight excluding hydrogens is 395 g/mol. The van der Waals surface area contributed by atoms with Crippen molar-refractivity contribution in [1.82, 2.24) is 10.9 Å². The molecule has 2 rings (SSSR count). The van der Waals surface area contributed by atoms with E-state index < -0.39 is 18.3 Å². The molecule has 0 saturated heterocycles. The van der Waals surface area contributed by atoms with Crippen LogP contribution in [-0.4, -0.2) is 24.7 Å². The van der Waals surface area contributed by atoms with Gasteiger partial charge in [0.2, 0.25) is 0 Å². The molecule has 0 spiro atoms. The van der Waals surface area contributed by atoms with Gasteiger partial charge in [-0.25, -0.2) is 4.39 Å². The summed E-state index contributed by atoms with van der Waals surface area (Å²) >= 11 is 4.95. The summed E-state index contributed by atoms with van der Waals surface area (Å²) in [5.74, 6) is -1.07. The lowest BCUT2D eigenvalue weighted by molar-refractivity contribution is -0.116. The number of methoxy groups -OCH3 is 1. The molecule has 0 atom stereocenters. The highest BCUT2D eigenvalue weighted by molar-refractivity contribution is 7.80. The van der Waals surface area contributed by atoms with E-state index in [-0.39, 0.29) is 22.3 Å². The van der Waals surface area contributed by atoms with Crippen LogP contribution in [0.2, 0.25) is 0 Å². The summed E-state index contributed by atoms with van der Waals surface area (Å²) in [6.07, 6.45) is 2.61. The van der Waals surface area contributed by atoms with E-state index in [0.717, 1.165) is 0 Å². The number of amides is 1. The second kappa shape index (κ2) is 10.2. The van der Waals surface area contributed by atoms with E-state index in [1.807, 2.05) is 0 Å². The van der Waals surface area contributed by atoms with Crippen molar-refractivity contribution in [3.8, 4) is 11.5 Å². The van der Waals surface area contributed by atoms with Crippen LogP contribution in [0, 0.1) is 5.82 Å². The number of halogens is 3. The van der Waals surface area contributed by atoms with Crippen LogP contribution in [0.25, 0.3) is 6.08 Å². The van der Waals surface area contributed by atoms with Crippen molar-refractivity contribution in [2.45, 2.75) is 6.61 Å². The van der Waals surface area contributed by atoms with E-state index in [0.29, 0.717) is 5.56 Å². The zero-order chi connectivity index (χ0) is 20.5. The molecule has 0 aliphatic rings. The Labute approximate surface area is 164 Å². The molecule has 6 nitrogen and oxygen atoms in total. The molecule has 2 aromatic carbocycles. The molecule has 28 heavy (non-hydrogen) atoms. The summed E-state index contributed by atoms with van der Waals surface area (Å²) in [6, 6.07) is 10.1. The Morgan fingerprint density at radius 3 is 2.57 bits per heavy atom. The van der Waals surface area contributed by atoms with E-state index in [9.17, 15) is 18.0 Å². The number of nitrogens with one attached hydrogen (secondary N) is 3. The number of hydrazine groups is 1. The van der Waals surface area contributed by atoms with Gasteiger partial charge in [-0.05, 0) is 48.1 Å². The third-order valence-corrected chi connectivity index (χ3v) is 3.46. The smallest absolute Gasteiger partial charge is 0.387 e. The molecule has 2 aromatic rings. The van der Waals surface area contributed by atoms with Gasteiger partial charge in [-0.1, -0.05) is 18.2 Å². The van der Waals surface area contributed by atoms with Crippen molar-refractivity contribution in [3.05, 3.63) is 59.9 Å². The Morgan fingerprint density at radius 1 is 1.14 bits per heavy atom. The third kappa shape index (κ3) is 6.47. The van der Waals surface area contributed by atoms with Gasteiger partial charge in [0.25, 0.3) is 5.91 Å². The Kier molecular flexibility index (Phi) is 7.64. The Balaban J connectivity index is 1.89. The molecule has 1 amide bonds. The van der Waals surface area contributed by atoms with Crippen LogP contribution in [0.5, 0.6) is 11.5 Å². The first-order chi connectivity index (χ1) is 13.4.